The van der Waals surface area contributed by atoms with E-state index < -0.39 is 5.97 Å². The highest BCUT2D eigenvalue weighted by Gasteiger charge is 2.06. The van der Waals surface area contributed by atoms with Crippen LogP contribution in [0.4, 0.5) is 0 Å². The van der Waals surface area contributed by atoms with Gasteiger partial charge < -0.3 is 10.2 Å². The number of carboxylic acids is 1. The van der Waals surface area contributed by atoms with E-state index in [1.54, 1.807) is 18.2 Å². The number of carbonyl (C=O) groups is 1. The van der Waals surface area contributed by atoms with E-state index in [2.05, 4.69) is 6.92 Å². The van der Waals surface area contributed by atoms with Crippen molar-refractivity contribution >= 4 is 11.5 Å². The van der Waals surface area contributed by atoms with E-state index in [9.17, 15) is 9.90 Å². The van der Waals surface area contributed by atoms with Gasteiger partial charge in [0.25, 0.3) is 0 Å². The molecule has 0 fully saturated rings. The quantitative estimate of drug-likeness (QED) is 0.821. The van der Waals surface area contributed by atoms with Crippen LogP contribution in [0.1, 0.15) is 37.3 Å². The van der Waals surface area contributed by atoms with Gasteiger partial charge in [0.05, 0.1) is 6.42 Å². The van der Waals surface area contributed by atoms with Gasteiger partial charge in [-0.3, -0.25) is 4.79 Å². The SMILES string of the molecule is CCC/C(=C\CC(=O)O)c1ccc(O)cc1C. The maximum atomic E-state index is 10.6. The summed E-state index contributed by atoms with van der Waals surface area (Å²) >= 11 is 0. The lowest BCUT2D eigenvalue weighted by molar-refractivity contribution is -0.135. The fourth-order valence-electron chi connectivity index (χ4n) is 1.83. The second-order valence-electron chi connectivity index (χ2n) is 4.08. The van der Waals surface area contributed by atoms with Crippen LogP contribution in [0.15, 0.2) is 24.3 Å². The molecule has 0 radical (unpaired) electrons. The summed E-state index contributed by atoms with van der Waals surface area (Å²) in [6, 6.07) is 5.17. The standard InChI is InChI=1S/C14H18O3/c1-3-4-11(5-8-14(16)17)13-7-6-12(15)9-10(13)2/h5-7,9,15H,3-4,8H2,1-2H3,(H,16,17)/b11-5+. The minimum absolute atomic E-state index is 0.0374. The smallest absolute Gasteiger partial charge is 0.307 e. The number of phenols is 1. The van der Waals surface area contributed by atoms with Crippen molar-refractivity contribution < 1.29 is 15.0 Å². The number of aliphatic carboxylic acids is 1. The monoisotopic (exact) mass is 234 g/mol. The van der Waals surface area contributed by atoms with E-state index >= 15 is 0 Å². The molecule has 3 heteroatoms. The summed E-state index contributed by atoms with van der Waals surface area (Å²) in [6.07, 6.45) is 3.60. The van der Waals surface area contributed by atoms with E-state index in [1.165, 1.54) is 0 Å². The Kier molecular flexibility index (Phi) is 4.76. The Balaban J connectivity index is 3.04. The highest BCUT2D eigenvalue weighted by molar-refractivity contribution is 5.75. The molecule has 17 heavy (non-hydrogen) atoms. The van der Waals surface area contributed by atoms with Crippen LogP contribution in [0.3, 0.4) is 0 Å². The van der Waals surface area contributed by atoms with Crippen LogP contribution in [0.25, 0.3) is 5.57 Å². The minimum Gasteiger partial charge on any atom is -0.508 e. The highest BCUT2D eigenvalue weighted by atomic mass is 16.4. The molecule has 0 unspecified atom stereocenters. The summed E-state index contributed by atoms with van der Waals surface area (Å²) < 4.78 is 0. The summed E-state index contributed by atoms with van der Waals surface area (Å²) in [5.74, 6) is -0.588. The zero-order valence-electron chi connectivity index (χ0n) is 10.2. The van der Waals surface area contributed by atoms with Gasteiger partial charge in [-0.15, -0.1) is 0 Å². The second kappa shape index (κ2) is 6.09. The molecule has 1 aromatic carbocycles. The van der Waals surface area contributed by atoms with Gasteiger partial charge in [0.1, 0.15) is 5.75 Å². The lowest BCUT2D eigenvalue weighted by Crippen LogP contribution is -1.94. The van der Waals surface area contributed by atoms with Crippen molar-refractivity contribution in [2.45, 2.75) is 33.1 Å². The normalized spacial score (nSPS) is 11.5. The number of allylic oxidation sites excluding steroid dienone is 1. The number of rotatable bonds is 5. The van der Waals surface area contributed by atoms with Crippen LogP contribution in [0.2, 0.25) is 0 Å². The molecule has 0 saturated heterocycles. The summed E-state index contributed by atoms with van der Waals surface area (Å²) in [6.45, 7) is 3.98. The van der Waals surface area contributed by atoms with Crippen LogP contribution in [0, 0.1) is 6.92 Å². The molecule has 0 atom stereocenters. The summed E-state index contributed by atoms with van der Waals surface area (Å²) in [4.78, 5) is 10.6. The van der Waals surface area contributed by atoms with Crippen molar-refractivity contribution in [1.29, 1.82) is 0 Å². The van der Waals surface area contributed by atoms with Gasteiger partial charge >= 0.3 is 5.97 Å². The van der Waals surface area contributed by atoms with E-state index in [0.29, 0.717) is 0 Å². The topological polar surface area (TPSA) is 57.5 Å². The van der Waals surface area contributed by atoms with Crippen molar-refractivity contribution in [3.05, 3.63) is 35.4 Å². The van der Waals surface area contributed by atoms with Crippen LogP contribution in [0.5, 0.6) is 5.75 Å². The van der Waals surface area contributed by atoms with Crippen LogP contribution >= 0.6 is 0 Å². The Morgan fingerprint density at radius 3 is 2.65 bits per heavy atom. The third kappa shape index (κ3) is 3.94. The third-order valence-corrected chi connectivity index (χ3v) is 2.60. The van der Waals surface area contributed by atoms with Gasteiger partial charge in [0.2, 0.25) is 0 Å². The molecule has 0 aliphatic rings. The summed E-state index contributed by atoms with van der Waals surface area (Å²) in [7, 11) is 0. The number of aromatic hydroxyl groups is 1. The molecule has 0 spiro atoms. The maximum absolute atomic E-state index is 10.6. The van der Waals surface area contributed by atoms with Crippen molar-refractivity contribution in [3.63, 3.8) is 0 Å². The van der Waals surface area contributed by atoms with Crippen LogP contribution in [-0.4, -0.2) is 16.2 Å². The Hall–Kier alpha value is -1.77. The number of benzene rings is 1. The summed E-state index contributed by atoms with van der Waals surface area (Å²) in [5.41, 5.74) is 3.02. The highest BCUT2D eigenvalue weighted by Crippen LogP contribution is 2.26. The van der Waals surface area contributed by atoms with Gasteiger partial charge in [-0.05, 0) is 42.2 Å². The molecule has 0 aliphatic heterocycles. The first-order valence-corrected chi connectivity index (χ1v) is 5.75. The first-order valence-electron chi connectivity index (χ1n) is 5.75. The minimum atomic E-state index is -0.824. The fraction of sp³-hybridized carbons (Fsp3) is 0.357. The van der Waals surface area contributed by atoms with Crippen molar-refractivity contribution in [3.8, 4) is 5.75 Å². The van der Waals surface area contributed by atoms with Gasteiger partial charge in [-0.25, -0.2) is 0 Å². The molecular weight excluding hydrogens is 216 g/mol. The molecule has 2 N–H and O–H groups in total. The number of hydrogen-bond donors (Lipinski definition) is 2. The van der Waals surface area contributed by atoms with E-state index in [4.69, 9.17) is 5.11 Å². The number of phenolic OH excluding ortho intramolecular Hbond substituents is 1. The average molecular weight is 234 g/mol. The Morgan fingerprint density at radius 1 is 1.41 bits per heavy atom. The molecule has 3 nitrogen and oxygen atoms in total. The first kappa shape index (κ1) is 13.3. The van der Waals surface area contributed by atoms with Crippen LogP contribution in [-0.2, 0) is 4.79 Å². The van der Waals surface area contributed by atoms with Gasteiger partial charge in [0.15, 0.2) is 0 Å². The molecule has 0 heterocycles. The molecule has 92 valence electrons. The average Bonchev–Trinajstić information content (AvgIpc) is 2.24. The van der Waals surface area contributed by atoms with Gasteiger partial charge in [-0.1, -0.05) is 25.5 Å². The summed E-state index contributed by atoms with van der Waals surface area (Å²) in [5, 5.41) is 18.1. The first-order chi connectivity index (χ1) is 8.04. The van der Waals surface area contributed by atoms with E-state index in [-0.39, 0.29) is 12.2 Å². The zero-order chi connectivity index (χ0) is 12.8. The molecule has 0 aromatic heterocycles. The molecular formula is C14H18O3. The van der Waals surface area contributed by atoms with Crippen molar-refractivity contribution in [2.24, 2.45) is 0 Å². The fourth-order valence-corrected chi connectivity index (χ4v) is 1.83. The van der Waals surface area contributed by atoms with Crippen molar-refractivity contribution in [1.82, 2.24) is 0 Å². The number of carboxylic acid groups (broad SMARTS) is 1. The van der Waals surface area contributed by atoms with E-state index in [0.717, 1.165) is 29.5 Å². The molecule has 0 saturated carbocycles. The third-order valence-electron chi connectivity index (χ3n) is 2.60. The van der Waals surface area contributed by atoms with Crippen LogP contribution < -0.4 is 0 Å². The lowest BCUT2D eigenvalue weighted by Gasteiger charge is -2.10. The molecule has 0 aliphatic carbocycles. The maximum Gasteiger partial charge on any atom is 0.307 e. The predicted octanol–water partition coefficient (Wildman–Crippen LogP) is 3.36. The number of hydrogen-bond acceptors (Lipinski definition) is 2. The second-order valence-corrected chi connectivity index (χ2v) is 4.08. The van der Waals surface area contributed by atoms with Gasteiger partial charge in [0, 0.05) is 0 Å². The Morgan fingerprint density at radius 2 is 2.12 bits per heavy atom. The largest absolute Gasteiger partial charge is 0.508 e. The predicted molar refractivity (Wildman–Crippen MR) is 68.0 cm³/mol. The van der Waals surface area contributed by atoms with E-state index in [1.807, 2.05) is 13.0 Å². The van der Waals surface area contributed by atoms with Gasteiger partial charge in [-0.2, -0.15) is 0 Å². The Bertz CT molecular complexity index is 433. The molecule has 0 amide bonds. The molecule has 1 rings (SSSR count). The molecule has 1 aromatic rings. The number of aryl methyl sites for hydroxylation is 1. The van der Waals surface area contributed by atoms with Crippen molar-refractivity contribution in [2.75, 3.05) is 0 Å². The molecule has 0 bridgehead atoms. The lowest BCUT2D eigenvalue weighted by atomic mass is 9.96. The Labute approximate surface area is 101 Å². The zero-order valence-corrected chi connectivity index (χ0v) is 10.2.